The van der Waals surface area contributed by atoms with Gasteiger partial charge in [0, 0.05) is 19.4 Å². The van der Waals surface area contributed by atoms with Crippen LogP contribution in [0.2, 0.25) is 0 Å². The summed E-state index contributed by atoms with van der Waals surface area (Å²) in [5.41, 5.74) is 1.08. The second-order valence-corrected chi connectivity index (χ2v) is 4.23. The highest BCUT2D eigenvalue weighted by atomic mass is 15.4. The van der Waals surface area contributed by atoms with Gasteiger partial charge in [0.2, 0.25) is 5.96 Å². The summed E-state index contributed by atoms with van der Waals surface area (Å²) in [5, 5.41) is 0. The minimum Gasteiger partial charge on any atom is -0.320 e. The van der Waals surface area contributed by atoms with E-state index in [0.29, 0.717) is 6.04 Å². The molecule has 0 amide bonds. The van der Waals surface area contributed by atoms with E-state index in [4.69, 9.17) is 0 Å². The van der Waals surface area contributed by atoms with Crippen LogP contribution in [0.5, 0.6) is 0 Å². The molecule has 0 saturated heterocycles. The molecule has 1 atom stereocenters. The Morgan fingerprint density at radius 3 is 3.12 bits per heavy atom. The van der Waals surface area contributed by atoms with Gasteiger partial charge in [-0.3, -0.25) is 0 Å². The maximum atomic E-state index is 4.64. The lowest BCUT2D eigenvalue weighted by atomic mass is 10.1. The van der Waals surface area contributed by atoms with E-state index in [9.17, 15) is 0 Å². The number of allylic oxidation sites excluding steroid dienone is 3. The fraction of sp³-hybridized carbons (Fsp3) is 0.308. The molecule has 2 bridgehead atoms. The summed E-state index contributed by atoms with van der Waals surface area (Å²) in [4.78, 5) is 8.93. The predicted octanol–water partition coefficient (Wildman–Crippen LogP) is 2.23. The van der Waals surface area contributed by atoms with Gasteiger partial charge in [-0.2, -0.15) is 0 Å². The first-order valence-corrected chi connectivity index (χ1v) is 5.66. The lowest BCUT2D eigenvalue weighted by molar-refractivity contribution is 0.442. The summed E-state index contributed by atoms with van der Waals surface area (Å²) in [6.45, 7) is 0. The zero-order chi connectivity index (χ0) is 11.0. The first kappa shape index (κ1) is 9.46. The summed E-state index contributed by atoms with van der Waals surface area (Å²) in [6.07, 6.45) is 17.2. The molecule has 0 aromatic carbocycles. The third-order valence-corrected chi connectivity index (χ3v) is 3.05. The number of hydrogen-bond acceptors (Lipinski definition) is 3. The minimum atomic E-state index is 0.405. The van der Waals surface area contributed by atoms with Gasteiger partial charge in [-0.05, 0) is 25.0 Å². The van der Waals surface area contributed by atoms with E-state index >= 15 is 0 Å². The van der Waals surface area contributed by atoms with Crippen LogP contribution in [0.4, 0.5) is 0 Å². The van der Waals surface area contributed by atoms with Crippen LogP contribution in [-0.4, -0.2) is 28.8 Å². The molecule has 0 aromatic rings. The third kappa shape index (κ3) is 1.48. The summed E-state index contributed by atoms with van der Waals surface area (Å²) < 4.78 is 0. The number of rotatable bonds is 0. The Hall–Kier alpha value is -1.77. The van der Waals surface area contributed by atoms with Gasteiger partial charge < -0.3 is 9.80 Å². The second-order valence-electron chi connectivity index (χ2n) is 4.23. The van der Waals surface area contributed by atoms with Gasteiger partial charge in [-0.25, -0.2) is 4.99 Å². The lowest BCUT2D eigenvalue weighted by Gasteiger charge is -2.30. The largest absolute Gasteiger partial charge is 0.320 e. The standard InChI is InChI=1S/C13H15N3/c1-15-8-9-16-12-7-5-3-2-4-6-11(10-12)14-13(15)16/h3-6,8-10,12H,2,7H2,1H3/b5-3-,6-4?. The van der Waals surface area contributed by atoms with Crippen molar-refractivity contribution in [1.29, 1.82) is 0 Å². The Kier molecular flexibility index (Phi) is 2.17. The second kappa shape index (κ2) is 3.67. The minimum absolute atomic E-state index is 0.405. The van der Waals surface area contributed by atoms with Crippen molar-refractivity contribution in [3.8, 4) is 0 Å². The molecule has 0 saturated carbocycles. The fourth-order valence-corrected chi connectivity index (χ4v) is 2.19. The molecule has 2 heterocycles. The van der Waals surface area contributed by atoms with Crippen molar-refractivity contribution >= 4 is 5.96 Å². The van der Waals surface area contributed by atoms with E-state index in [1.54, 1.807) is 0 Å². The average molecular weight is 213 g/mol. The molecule has 3 nitrogen and oxygen atoms in total. The van der Waals surface area contributed by atoms with Crippen molar-refractivity contribution < 1.29 is 0 Å². The predicted molar refractivity (Wildman–Crippen MR) is 65.6 cm³/mol. The van der Waals surface area contributed by atoms with Crippen molar-refractivity contribution in [2.24, 2.45) is 4.99 Å². The van der Waals surface area contributed by atoms with Crippen LogP contribution in [0.3, 0.4) is 0 Å². The first-order chi connectivity index (χ1) is 7.84. The van der Waals surface area contributed by atoms with E-state index in [2.05, 4.69) is 57.6 Å². The van der Waals surface area contributed by atoms with Crippen molar-refractivity contribution in [3.05, 3.63) is 48.5 Å². The summed E-state index contributed by atoms with van der Waals surface area (Å²) in [5.74, 6) is 1.03. The molecular formula is C13H15N3. The Balaban J connectivity index is 2.00. The SMILES string of the molecule is CN1C=CN2C1=NC1=CC2C/C=C\CC=C1. The maximum Gasteiger partial charge on any atom is 0.210 e. The Morgan fingerprint density at radius 1 is 1.25 bits per heavy atom. The average Bonchev–Trinajstić information content (AvgIpc) is 2.68. The number of guanidine groups is 1. The lowest BCUT2D eigenvalue weighted by Crippen LogP contribution is -2.39. The molecule has 2 aliphatic heterocycles. The van der Waals surface area contributed by atoms with Gasteiger partial charge in [0.25, 0.3) is 0 Å². The van der Waals surface area contributed by atoms with Crippen LogP contribution in [0, 0.1) is 0 Å². The van der Waals surface area contributed by atoms with Gasteiger partial charge in [0.1, 0.15) is 0 Å². The van der Waals surface area contributed by atoms with Crippen molar-refractivity contribution in [3.63, 3.8) is 0 Å². The van der Waals surface area contributed by atoms with Crippen LogP contribution >= 0.6 is 0 Å². The molecule has 16 heavy (non-hydrogen) atoms. The normalized spacial score (nSPS) is 28.9. The molecule has 3 rings (SSSR count). The van der Waals surface area contributed by atoms with E-state index in [1.165, 1.54) is 0 Å². The molecular weight excluding hydrogens is 198 g/mol. The molecule has 3 aliphatic rings. The number of hydrogen-bond donors (Lipinski definition) is 0. The van der Waals surface area contributed by atoms with Crippen molar-refractivity contribution in [2.75, 3.05) is 7.05 Å². The van der Waals surface area contributed by atoms with Gasteiger partial charge in [-0.15, -0.1) is 0 Å². The Labute approximate surface area is 95.8 Å². The number of aliphatic imine (C=N–C) groups is 1. The topological polar surface area (TPSA) is 18.8 Å². The molecule has 82 valence electrons. The zero-order valence-electron chi connectivity index (χ0n) is 9.37. The molecule has 0 spiro atoms. The van der Waals surface area contributed by atoms with E-state index in [-0.39, 0.29) is 0 Å². The number of nitrogens with zero attached hydrogens (tertiary/aromatic N) is 3. The summed E-state index contributed by atoms with van der Waals surface area (Å²) in [7, 11) is 2.04. The van der Waals surface area contributed by atoms with Crippen LogP contribution in [0.15, 0.2) is 53.5 Å². The summed E-state index contributed by atoms with van der Waals surface area (Å²) >= 11 is 0. The maximum absolute atomic E-state index is 4.64. The smallest absolute Gasteiger partial charge is 0.210 e. The molecule has 1 aliphatic carbocycles. The van der Waals surface area contributed by atoms with Crippen LogP contribution in [-0.2, 0) is 0 Å². The van der Waals surface area contributed by atoms with Crippen LogP contribution < -0.4 is 0 Å². The molecule has 0 aromatic heterocycles. The number of fused-ring (bicyclic) bond motifs is 3. The van der Waals surface area contributed by atoms with Gasteiger partial charge in [0.15, 0.2) is 0 Å². The highest BCUT2D eigenvalue weighted by molar-refractivity contribution is 5.86. The van der Waals surface area contributed by atoms with E-state index < -0.39 is 0 Å². The van der Waals surface area contributed by atoms with Crippen molar-refractivity contribution in [1.82, 2.24) is 9.80 Å². The quantitative estimate of drug-likeness (QED) is 0.575. The van der Waals surface area contributed by atoms with Crippen molar-refractivity contribution in [2.45, 2.75) is 18.9 Å². The van der Waals surface area contributed by atoms with E-state index in [0.717, 1.165) is 24.5 Å². The highest BCUT2D eigenvalue weighted by Crippen LogP contribution is 2.24. The van der Waals surface area contributed by atoms with E-state index in [1.807, 2.05) is 7.05 Å². The molecule has 3 heteroatoms. The highest BCUT2D eigenvalue weighted by Gasteiger charge is 2.27. The monoisotopic (exact) mass is 213 g/mol. The third-order valence-electron chi connectivity index (χ3n) is 3.05. The Morgan fingerprint density at radius 2 is 2.19 bits per heavy atom. The summed E-state index contributed by atoms with van der Waals surface area (Å²) in [6, 6.07) is 0.405. The van der Waals surface area contributed by atoms with Gasteiger partial charge in [-0.1, -0.05) is 18.2 Å². The molecule has 1 unspecified atom stereocenters. The Bertz CT molecular complexity index is 440. The fourth-order valence-electron chi connectivity index (χ4n) is 2.19. The first-order valence-electron chi connectivity index (χ1n) is 5.66. The molecule has 0 radical (unpaired) electrons. The molecule has 0 N–H and O–H groups in total. The van der Waals surface area contributed by atoms with Crippen LogP contribution in [0.1, 0.15) is 12.8 Å². The van der Waals surface area contributed by atoms with Crippen LogP contribution in [0.25, 0.3) is 0 Å². The zero-order valence-corrected chi connectivity index (χ0v) is 9.37. The molecule has 0 fully saturated rings. The van der Waals surface area contributed by atoms with Gasteiger partial charge >= 0.3 is 0 Å². The van der Waals surface area contributed by atoms with Gasteiger partial charge in [0.05, 0.1) is 11.7 Å².